The third-order valence-electron chi connectivity index (χ3n) is 2.21. The van der Waals surface area contributed by atoms with Gasteiger partial charge in [0, 0.05) is 18.5 Å². The van der Waals surface area contributed by atoms with E-state index in [0.717, 1.165) is 0 Å². The second-order valence-corrected chi connectivity index (χ2v) is 3.26. The molecule has 1 aliphatic rings. The summed E-state index contributed by atoms with van der Waals surface area (Å²) in [6, 6.07) is 0. The van der Waals surface area contributed by atoms with Crippen LogP contribution in [0.2, 0.25) is 0 Å². The van der Waals surface area contributed by atoms with Gasteiger partial charge in [0.25, 0.3) is 0 Å². The monoisotopic (exact) mass is 217 g/mol. The van der Waals surface area contributed by atoms with Crippen LogP contribution in [0.1, 0.15) is 6.92 Å². The lowest BCUT2D eigenvalue weighted by Crippen LogP contribution is -2.35. The number of carbonyl (C=O) groups excluding carboxylic acids is 1. The Kier molecular flexibility index (Phi) is 3.96. The van der Waals surface area contributed by atoms with Crippen molar-refractivity contribution in [1.29, 1.82) is 0 Å². The number of alkyl halides is 2. The van der Waals surface area contributed by atoms with E-state index in [1.54, 1.807) is 19.1 Å². The van der Waals surface area contributed by atoms with Gasteiger partial charge in [0.2, 0.25) is 5.91 Å². The third kappa shape index (κ3) is 2.86. The molecule has 0 saturated carbocycles. The molecule has 0 spiro atoms. The number of nitrogens with one attached hydrogen (secondary N) is 1. The highest BCUT2D eigenvalue weighted by atomic mass is 19.3. The van der Waals surface area contributed by atoms with Crippen LogP contribution in [0.3, 0.4) is 0 Å². The number of allylic oxidation sites excluding steroid dienone is 2. The van der Waals surface area contributed by atoms with Crippen molar-refractivity contribution in [3.63, 3.8) is 0 Å². The summed E-state index contributed by atoms with van der Waals surface area (Å²) in [7, 11) is 1.45. The molecule has 0 aromatic carbocycles. The standard InChI is InChI=1S/C10H13F2NO2/c1-6-4-3-5-7(9(14)13-2)8(6)15-10(11)12/h3-6,8,10H,1-2H3,(H,13,14). The predicted octanol–water partition coefficient (Wildman–Crippen LogP) is 1.47. The van der Waals surface area contributed by atoms with Crippen LogP contribution in [0.25, 0.3) is 0 Å². The van der Waals surface area contributed by atoms with E-state index >= 15 is 0 Å². The van der Waals surface area contributed by atoms with Gasteiger partial charge in [-0.1, -0.05) is 25.2 Å². The maximum atomic E-state index is 12.1. The average molecular weight is 217 g/mol. The van der Waals surface area contributed by atoms with Crippen LogP contribution in [0.5, 0.6) is 0 Å². The summed E-state index contributed by atoms with van der Waals surface area (Å²) >= 11 is 0. The quantitative estimate of drug-likeness (QED) is 0.777. The summed E-state index contributed by atoms with van der Waals surface area (Å²) in [6.07, 6.45) is 4.00. The van der Waals surface area contributed by atoms with Crippen LogP contribution in [-0.2, 0) is 9.53 Å². The normalized spacial score (nSPS) is 25.3. The molecule has 0 bridgehead atoms. The van der Waals surface area contributed by atoms with Crippen molar-refractivity contribution in [2.75, 3.05) is 7.05 Å². The smallest absolute Gasteiger partial charge is 0.345 e. The summed E-state index contributed by atoms with van der Waals surface area (Å²) in [5.41, 5.74) is 0.229. The molecule has 0 fully saturated rings. The van der Waals surface area contributed by atoms with E-state index in [0.29, 0.717) is 0 Å². The maximum absolute atomic E-state index is 12.1. The van der Waals surface area contributed by atoms with Gasteiger partial charge in [0.05, 0.1) is 6.10 Å². The van der Waals surface area contributed by atoms with E-state index in [2.05, 4.69) is 10.1 Å². The highest BCUT2D eigenvalue weighted by Crippen LogP contribution is 2.24. The second-order valence-electron chi connectivity index (χ2n) is 3.26. The van der Waals surface area contributed by atoms with Crippen molar-refractivity contribution < 1.29 is 18.3 Å². The average Bonchev–Trinajstić information content (AvgIpc) is 2.19. The molecule has 0 aliphatic heterocycles. The van der Waals surface area contributed by atoms with E-state index in [1.165, 1.54) is 13.1 Å². The molecule has 2 atom stereocenters. The van der Waals surface area contributed by atoms with Gasteiger partial charge >= 0.3 is 6.61 Å². The van der Waals surface area contributed by atoms with Crippen molar-refractivity contribution in [2.24, 2.45) is 5.92 Å². The summed E-state index contributed by atoms with van der Waals surface area (Å²) in [4.78, 5) is 11.4. The molecular weight excluding hydrogens is 204 g/mol. The Bertz CT molecular complexity index is 300. The van der Waals surface area contributed by atoms with Crippen molar-refractivity contribution in [2.45, 2.75) is 19.6 Å². The minimum Gasteiger partial charge on any atom is -0.355 e. The van der Waals surface area contributed by atoms with E-state index < -0.39 is 18.6 Å². The molecule has 3 nitrogen and oxygen atoms in total. The Morgan fingerprint density at radius 1 is 1.60 bits per heavy atom. The molecule has 1 rings (SSSR count). The first-order valence-electron chi connectivity index (χ1n) is 4.60. The fourth-order valence-corrected chi connectivity index (χ4v) is 1.47. The highest BCUT2D eigenvalue weighted by Gasteiger charge is 2.29. The van der Waals surface area contributed by atoms with Gasteiger partial charge in [-0.3, -0.25) is 4.79 Å². The van der Waals surface area contributed by atoms with Gasteiger partial charge in [-0.05, 0) is 0 Å². The van der Waals surface area contributed by atoms with E-state index in [9.17, 15) is 13.6 Å². The van der Waals surface area contributed by atoms with Crippen molar-refractivity contribution in [3.8, 4) is 0 Å². The topological polar surface area (TPSA) is 38.3 Å². The van der Waals surface area contributed by atoms with Crippen molar-refractivity contribution in [3.05, 3.63) is 23.8 Å². The summed E-state index contributed by atoms with van der Waals surface area (Å²) < 4.78 is 28.7. The zero-order valence-corrected chi connectivity index (χ0v) is 8.54. The molecule has 0 saturated heterocycles. The Morgan fingerprint density at radius 2 is 2.27 bits per heavy atom. The molecule has 84 valence electrons. The van der Waals surface area contributed by atoms with Crippen LogP contribution < -0.4 is 5.32 Å². The van der Waals surface area contributed by atoms with Gasteiger partial charge < -0.3 is 10.1 Å². The van der Waals surface area contributed by atoms with Crippen LogP contribution in [-0.4, -0.2) is 25.7 Å². The largest absolute Gasteiger partial charge is 0.355 e. The fraction of sp³-hybridized carbons (Fsp3) is 0.500. The molecule has 0 aromatic rings. The lowest BCUT2D eigenvalue weighted by molar-refractivity contribution is -0.162. The number of amides is 1. The SMILES string of the molecule is CNC(=O)C1=CC=CC(C)C1OC(F)F. The maximum Gasteiger partial charge on any atom is 0.345 e. The number of carbonyl (C=O) groups is 1. The molecule has 0 aromatic heterocycles. The molecule has 1 aliphatic carbocycles. The molecule has 0 radical (unpaired) electrons. The molecule has 1 N–H and O–H groups in total. The Balaban J connectivity index is 2.84. The number of hydrogen-bond acceptors (Lipinski definition) is 2. The Labute approximate surface area is 86.8 Å². The van der Waals surface area contributed by atoms with Gasteiger partial charge in [-0.2, -0.15) is 8.78 Å². The van der Waals surface area contributed by atoms with E-state index in [1.807, 2.05) is 0 Å². The molecular formula is C10H13F2NO2. The molecule has 1 amide bonds. The molecule has 15 heavy (non-hydrogen) atoms. The molecule has 5 heteroatoms. The van der Waals surface area contributed by atoms with Crippen molar-refractivity contribution in [1.82, 2.24) is 5.32 Å². The van der Waals surface area contributed by atoms with Crippen LogP contribution in [0, 0.1) is 5.92 Å². The molecule has 2 unspecified atom stereocenters. The number of halogens is 2. The zero-order chi connectivity index (χ0) is 11.4. The van der Waals surface area contributed by atoms with Crippen LogP contribution >= 0.6 is 0 Å². The summed E-state index contributed by atoms with van der Waals surface area (Å²) in [5, 5.41) is 2.39. The Hall–Kier alpha value is -1.23. The van der Waals surface area contributed by atoms with Gasteiger partial charge in [0.1, 0.15) is 0 Å². The number of rotatable bonds is 3. The summed E-state index contributed by atoms with van der Waals surface area (Å²) in [5.74, 6) is -0.631. The Morgan fingerprint density at radius 3 is 2.80 bits per heavy atom. The van der Waals surface area contributed by atoms with Crippen molar-refractivity contribution >= 4 is 5.91 Å². The lowest BCUT2D eigenvalue weighted by atomic mass is 9.92. The summed E-state index contributed by atoms with van der Waals surface area (Å²) in [6.45, 7) is -1.16. The number of likely N-dealkylation sites (N-methyl/N-ethyl adjacent to an activating group) is 1. The van der Waals surface area contributed by atoms with Gasteiger partial charge in [-0.15, -0.1) is 0 Å². The minimum atomic E-state index is -2.88. The van der Waals surface area contributed by atoms with E-state index in [-0.39, 0.29) is 11.5 Å². The highest BCUT2D eigenvalue weighted by molar-refractivity contribution is 5.94. The van der Waals surface area contributed by atoms with Crippen LogP contribution in [0.4, 0.5) is 8.78 Å². The fourth-order valence-electron chi connectivity index (χ4n) is 1.47. The lowest BCUT2D eigenvalue weighted by Gasteiger charge is -2.25. The zero-order valence-electron chi connectivity index (χ0n) is 8.54. The third-order valence-corrected chi connectivity index (χ3v) is 2.21. The number of hydrogen-bond donors (Lipinski definition) is 1. The first kappa shape index (κ1) is 11.8. The van der Waals surface area contributed by atoms with Crippen LogP contribution in [0.15, 0.2) is 23.8 Å². The first-order chi connectivity index (χ1) is 7.06. The van der Waals surface area contributed by atoms with Gasteiger partial charge in [0.15, 0.2) is 0 Å². The first-order valence-corrected chi connectivity index (χ1v) is 4.60. The predicted molar refractivity (Wildman–Crippen MR) is 51.3 cm³/mol. The number of ether oxygens (including phenoxy) is 1. The van der Waals surface area contributed by atoms with Gasteiger partial charge in [-0.25, -0.2) is 0 Å². The minimum absolute atomic E-state index is 0.229. The van der Waals surface area contributed by atoms with E-state index in [4.69, 9.17) is 0 Å². The molecule has 0 heterocycles. The second kappa shape index (κ2) is 5.02.